The van der Waals surface area contributed by atoms with E-state index in [0.29, 0.717) is 18.4 Å². The SMILES string of the molecule is CCC(=O)N1CC[C@@H](C)[C@@H](N(C)c2ncnc3c2CCN3)C1. The summed E-state index contributed by atoms with van der Waals surface area (Å²) in [5.74, 6) is 2.77. The van der Waals surface area contributed by atoms with Crippen LogP contribution in [0.2, 0.25) is 0 Å². The van der Waals surface area contributed by atoms with E-state index >= 15 is 0 Å². The monoisotopic (exact) mass is 303 g/mol. The molecule has 1 fully saturated rings. The molecule has 0 aliphatic carbocycles. The van der Waals surface area contributed by atoms with Crippen molar-refractivity contribution in [1.82, 2.24) is 14.9 Å². The Hall–Kier alpha value is -1.85. The number of piperidine rings is 1. The van der Waals surface area contributed by atoms with Crippen molar-refractivity contribution in [2.45, 2.75) is 39.2 Å². The lowest BCUT2D eigenvalue weighted by atomic mass is 9.92. The molecule has 2 aliphatic heterocycles. The number of nitrogens with one attached hydrogen (secondary N) is 1. The Balaban J connectivity index is 1.83. The zero-order valence-electron chi connectivity index (χ0n) is 13.7. The smallest absolute Gasteiger partial charge is 0.222 e. The second kappa shape index (κ2) is 6.10. The summed E-state index contributed by atoms with van der Waals surface area (Å²) in [4.78, 5) is 25.1. The maximum absolute atomic E-state index is 12.0. The Morgan fingerprint density at radius 2 is 2.32 bits per heavy atom. The molecule has 6 nitrogen and oxygen atoms in total. The van der Waals surface area contributed by atoms with Gasteiger partial charge < -0.3 is 15.1 Å². The minimum atomic E-state index is 0.250. The van der Waals surface area contributed by atoms with Crippen molar-refractivity contribution in [2.75, 3.05) is 36.9 Å². The number of carbonyl (C=O) groups excluding carboxylic acids is 1. The zero-order chi connectivity index (χ0) is 15.7. The van der Waals surface area contributed by atoms with E-state index in [4.69, 9.17) is 0 Å². The molecule has 0 unspecified atom stereocenters. The third-order valence-electron chi connectivity index (χ3n) is 5.00. The minimum Gasteiger partial charge on any atom is -0.369 e. The van der Waals surface area contributed by atoms with Crippen LogP contribution in [0.15, 0.2) is 6.33 Å². The van der Waals surface area contributed by atoms with Crippen LogP contribution in [-0.2, 0) is 11.2 Å². The Labute approximate surface area is 131 Å². The van der Waals surface area contributed by atoms with Gasteiger partial charge in [-0.2, -0.15) is 0 Å². The van der Waals surface area contributed by atoms with Crippen LogP contribution in [0.25, 0.3) is 0 Å². The van der Waals surface area contributed by atoms with E-state index in [9.17, 15) is 4.79 Å². The molecule has 3 rings (SSSR count). The van der Waals surface area contributed by atoms with Gasteiger partial charge in [0.05, 0.1) is 6.04 Å². The van der Waals surface area contributed by atoms with Crippen molar-refractivity contribution in [2.24, 2.45) is 5.92 Å². The van der Waals surface area contributed by atoms with Gasteiger partial charge in [-0.1, -0.05) is 13.8 Å². The van der Waals surface area contributed by atoms with Crippen LogP contribution < -0.4 is 10.2 Å². The number of hydrogen-bond acceptors (Lipinski definition) is 5. The summed E-state index contributed by atoms with van der Waals surface area (Å²) in [5, 5.41) is 3.30. The number of rotatable bonds is 3. The number of amides is 1. The van der Waals surface area contributed by atoms with Gasteiger partial charge in [0, 0.05) is 38.7 Å². The van der Waals surface area contributed by atoms with Crippen molar-refractivity contribution < 1.29 is 4.79 Å². The highest BCUT2D eigenvalue weighted by molar-refractivity contribution is 5.76. The van der Waals surface area contributed by atoms with E-state index in [1.54, 1.807) is 6.33 Å². The van der Waals surface area contributed by atoms with E-state index in [1.807, 2.05) is 11.8 Å². The summed E-state index contributed by atoms with van der Waals surface area (Å²) in [5.41, 5.74) is 1.20. The first-order valence-electron chi connectivity index (χ1n) is 8.20. The summed E-state index contributed by atoms with van der Waals surface area (Å²) < 4.78 is 0. The van der Waals surface area contributed by atoms with E-state index < -0.39 is 0 Å². The number of aromatic nitrogens is 2. The average molecular weight is 303 g/mol. The standard InChI is InChI=1S/C16H25N5O/c1-4-14(22)21-8-6-11(2)13(9-21)20(3)16-12-5-7-17-15(12)18-10-19-16/h10-11,13H,4-9H2,1-3H3,(H,17,18,19)/t11-,13+/m1/s1. The molecule has 22 heavy (non-hydrogen) atoms. The second-order valence-electron chi connectivity index (χ2n) is 6.34. The molecule has 0 aromatic carbocycles. The highest BCUT2D eigenvalue weighted by atomic mass is 16.2. The van der Waals surface area contributed by atoms with E-state index in [0.717, 1.165) is 44.1 Å². The lowest BCUT2D eigenvalue weighted by Crippen LogP contribution is -2.52. The molecule has 0 bridgehead atoms. The van der Waals surface area contributed by atoms with Crippen LogP contribution in [0.5, 0.6) is 0 Å². The van der Waals surface area contributed by atoms with E-state index in [1.165, 1.54) is 5.56 Å². The Morgan fingerprint density at radius 1 is 1.50 bits per heavy atom. The number of anilines is 2. The first kappa shape index (κ1) is 15.1. The molecule has 0 saturated carbocycles. The molecule has 1 N–H and O–H groups in total. The highest BCUT2D eigenvalue weighted by Crippen LogP contribution is 2.31. The molecule has 120 valence electrons. The van der Waals surface area contributed by atoms with Crippen LogP contribution in [0.4, 0.5) is 11.6 Å². The topological polar surface area (TPSA) is 61.4 Å². The quantitative estimate of drug-likeness (QED) is 0.917. The Morgan fingerprint density at radius 3 is 3.09 bits per heavy atom. The molecular formula is C16H25N5O. The molecular weight excluding hydrogens is 278 g/mol. The number of nitrogens with zero attached hydrogens (tertiary/aromatic N) is 4. The molecule has 6 heteroatoms. The lowest BCUT2D eigenvalue weighted by molar-refractivity contribution is -0.132. The fourth-order valence-corrected chi connectivity index (χ4v) is 3.56. The summed E-state index contributed by atoms with van der Waals surface area (Å²) in [6.45, 7) is 6.80. The first-order valence-corrected chi connectivity index (χ1v) is 8.20. The van der Waals surface area contributed by atoms with Gasteiger partial charge in [-0.15, -0.1) is 0 Å². The molecule has 1 aromatic rings. The summed E-state index contributed by atoms with van der Waals surface area (Å²) in [6.07, 6.45) is 4.23. The second-order valence-corrected chi connectivity index (χ2v) is 6.34. The molecule has 1 amide bonds. The maximum Gasteiger partial charge on any atom is 0.222 e. The minimum absolute atomic E-state index is 0.250. The largest absolute Gasteiger partial charge is 0.369 e. The molecule has 1 saturated heterocycles. The van der Waals surface area contributed by atoms with E-state index in [-0.39, 0.29) is 5.91 Å². The summed E-state index contributed by atoms with van der Waals surface area (Å²) in [6, 6.07) is 0.309. The summed E-state index contributed by atoms with van der Waals surface area (Å²) in [7, 11) is 2.10. The van der Waals surface area contributed by atoms with Gasteiger partial charge in [-0.05, 0) is 18.8 Å². The highest BCUT2D eigenvalue weighted by Gasteiger charge is 2.33. The maximum atomic E-state index is 12.0. The fraction of sp³-hybridized carbons (Fsp3) is 0.688. The van der Waals surface area contributed by atoms with Gasteiger partial charge >= 0.3 is 0 Å². The molecule has 3 heterocycles. The van der Waals surface area contributed by atoms with Crippen LogP contribution in [0, 0.1) is 5.92 Å². The van der Waals surface area contributed by atoms with Gasteiger partial charge in [0.2, 0.25) is 5.91 Å². The predicted octanol–water partition coefficient (Wildman–Crippen LogP) is 1.53. The molecule has 0 spiro atoms. The molecule has 2 aliphatic rings. The van der Waals surface area contributed by atoms with Crippen molar-refractivity contribution in [1.29, 1.82) is 0 Å². The van der Waals surface area contributed by atoms with Gasteiger partial charge in [-0.25, -0.2) is 9.97 Å². The van der Waals surface area contributed by atoms with E-state index in [2.05, 4.69) is 34.2 Å². The van der Waals surface area contributed by atoms with Gasteiger partial charge in [0.25, 0.3) is 0 Å². The van der Waals surface area contributed by atoms with Crippen LogP contribution in [-0.4, -0.2) is 53.5 Å². The van der Waals surface area contributed by atoms with Crippen LogP contribution in [0.1, 0.15) is 32.3 Å². The fourth-order valence-electron chi connectivity index (χ4n) is 3.56. The van der Waals surface area contributed by atoms with Crippen molar-refractivity contribution >= 4 is 17.5 Å². The van der Waals surface area contributed by atoms with Gasteiger partial charge in [0.1, 0.15) is 18.0 Å². The van der Waals surface area contributed by atoms with Crippen molar-refractivity contribution in [3.8, 4) is 0 Å². The number of likely N-dealkylation sites (tertiary alicyclic amines) is 1. The third-order valence-corrected chi connectivity index (χ3v) is 5.00. The predicted molar refractivity (Wildman–Crippen MR) is 87.1 cm³/mol. The number of likely N-dealkylation sites (N-methyl/N-ethyl adjacent to an activating group) is 1. The van der Waals surface area contributed by atoms with Crippen LogP contribution >= 0.6 is 0 Å². The zero-order valence-corrected chi connectivity index (χ0v) is 13.7. The molecule has 0 radical (unpaired) electrons. The number of hydrogen-bond donors (Lipinski definition) is 1. The van der Waals surface area contributed by atoms with Crippen LogP contribution in [0.3, 0.4) is 0 Å². The number of carbonyl (C=O) groups is 1. The first-order chi connectivity index (χ1) is 10.6. The molecule has 1 aromatic heterocycles. The summed E-state index contributed by atoms with van der Waals surface area (Å²) >= 11 is 0. The average Bonchev–Trinajstić information content (AvgIpc) is 3.02. The third kappa shape index (κ3) is 2.62. The molecule has 2 atom stereocenters. The Bertz CT molecular complexity index is 561. The van der Waals surface area contributed by atoms with Gasteiger partial charge in [-0.3, -0.25) is 4.79 Å². The lowest BCUT2D eigenvalue weighted by Gasteiger charge is -2.42. The number of fused-ring (bicyclic) bond motifs is 1. The Kier molecular flexibility index (Phi) is 4.18. The van der Waals surface area contributed by atoms with Crippen molar-refractivity contribution in [3.05, 3.63) is 11.9 Å². The van der Waals surface area contributed by atoms with Gasteiger partial charge in [0.15, 0.2) is 0 Å². The van der Waals surface area contributed by atoms with Crippen molar-refractivity contribution in [3.63, 3.8) is 0 Å². The normalized spacial score (nSPS) is 23.9.